The van der Waals surface area contributed by atoms with Crippen LogP contribution < -0.4 is 11.1 Å². The third-order valence-electron chi connectivity index (χ3n) is 4.55. The topological polar surface area (TPSA) is 88.3 Å². The van der Waals surface area contributed by atoms with Gasteiger partial charge in [0.15, 0.2) is 0 Å². The molecule has 2 aromatic heterocycles. The van der Waals surface area contributed by atoms with Gasteiger partial charge in [-0.05, 0) is 41.6 Å². The number of carbonyl (C=O) groups is 1. The largest absolute Gasteiger partial charge is 0.347 e. The molecule has 0 bridgehead atoms. The molecule has 2 unspecified atom stereocenters. The van der Waals surface area contributed by atoms with Crippen molar-refractivity contribution in [2.75, 3.05) is 13.1 Å². The van der Waals surface area contributed by atoms with Crippen LogP contribution in [0.5, 0.6) is 0 Å². The molecule has 1 aliphatic heterocycles. The molecule has 1 fully saturated rings. The van der Waals surface area contributed by atoms with E-state index < -0.39 is 11.0 Å². The van der Waals surface area contributed by atoms with E-state index in [1.807, 2.05) is 40.7 Å². The van der Waals surface area contributed by atoms with Gasteiger partial charge in [-0.15, -0.1) is 11.3 Å². The summed E-state index contributed by atoms with van der Waals surface area (Å²) >= 11 is 1.43. The summed E-state index contributed by atoms with van der Waals surface area (Å²) in [6.07, 6.45) is 4.37. The molecule has 0 saturated carbocycles. The Kier molecular flexibility index (Phi) is 5.31. The fraction of sp³-hybridized carbons (Fsp3) is 0.263. The van der Waals surface area contributed by atoms with Crippen molar-refractivity contribution in [3.63, 3.8) is 0 Å². The minimum absolute atomic E-state index is 0.102. The highest BCUT2D eigenvalue weighted by Crippen LogP contribution is 2.24. The maximum Gasteiger partial charge on any atom is 0.261 e. The molecule has 0 radical (unpaired) electrons. The molecule has 27 heavy (non-hydrogen) atoms. The Bertz CT molecular complexity index is 954. The Morgan fingerprint density at radius 1 is 1.33 bits per heavy atom. The Morgan fingerprint density at radius 3 is 2.85 bits per heavy atom. The molecule has 0 aliphatic carbocycles. The zero-order valence-electron chi connectivity index (χ0n) is 14.6. The molecule has 2 atom stereocenters. The Hall–Kier alpha value is -2.13. The van der Waals surface area contributed by atoms with E-state index in [1.165, 1.54) is 11.3 Å². The second-order valence-corrected chi connectivity index (χ2v) is 9.11. The fourth-order valence-corrected chi connectivity index (χ4v) is 5.25. The average Bonchev–Trinajstić information content (AvgIpc) is 3.32. The quantitative estimate of drug-likeness (QED) is 0.688. The maximum absolute atomic E-state index is 12.5. The number of pyridine rings is 1. The highest BCUT2D eigenvalue weighted by atomic mass is 32.2. The van der Waals surface area contributed by atoms with Gasteiger partial charge < -0.3 is 11.1 Å². The van der Waals surface area contributed by atoms with Crippen LogP contribution in [0.4, 0.5) is 0 Å². The molecule has 0 spiro atoms. The smallest absolute Gasteiger partial charge is 0.261 e. The summed E-state index contributed by atoms with van der Waals surface area (Å²) in [6, 6.07) is 11.4. The molecule has 6 nitrogen and oxygen atoms in total. The highest BCUT2D eigenvalue weighted by molar-refractivity contribution is 7.82. The lowest BCUT2D eigenvalue weighted by atomic mass is 10.2. The van der Waals surface area contributed by atoms with E-state index in [4.69, 9.17) is 5.73 Å². The van der Waals surface area contributed by atoms with E-state index in [2.05, 4.69) is 10.3 Å². The van der Waals surface area contributed by atoms with Gasteiger partial charge in [-0.2, -0.15) is 0 Å². The van der Waals surface area contributed by atoms with E-state index >= 15 is 0 Å². The van der Waals surface area contributed by atoms with Gasteiger partial charge in [0.2, 0.25) is 0 Å². The van der Waals surface area contributed by atoms with Crippen molar-refractivity contribution in [2.45, 2.75) is 23.9 Å². The lowest BCUT2D eigenvalue weighted by Gasteiger charge is -2.14. The van der Waals surface area contributed by atoms with Crippen LogP contribution in [0.3, 0.4) is 0 Å². The second-order valence-electron chi connectivity index (χ2n) is 6.54. The number of amides is 1. The number of hydrogen-bond donors (Lipinski definition) is 2. The number of hydrogen-bond acceptors (Lipinski definition) is 5. The number of rotatable bonds is 5. The predicted molar refractivity (Wildman–Crippen MR) is 108 cm³/mol. The van der Waals surface area contributed by atoms with Crippen molar-refractivity contribution in [1.82, 2.24) is 14.6 Å². The Morgan fingerprint density at radius 2 is 2.15 bits per heavy atom. The lowest BCUT2D eigenvalue weighted by molar-refractivity contribution is 0.0955. The average molecular weight is 401 g/mol. The zero-order chi connectivity index (χ0) is 18.8. The summed E-state index contributed by atoms with van der Waals surface area (Å²) in [5, 5.41) is 3.96. The number of nitrogens with zero attached hydrogens (tertiary/aromatic N) is 2. The highest BCUT2D eigenvalue weighted by Gasteiger charge is 2.24. The van der Waals surface area contributed by atoms with E-state index in [0.717, 1.165) is 33.5 Å². The third kappa shape index (κ3) is 4.08. The van der Waals surface area contributed by atoms with Gasteiger partial charge in [-0.25, -0.2) is 8.51 Å². The third-order valence-corrected chi connectivity index (χ3v) is 7.11. The minimum Gasteiger partial charge on any atom is -0.347 e. The van der Waals surface area contributed by atoms with E-state index in [-0.39, 0.29) is 11.9 Å². The molecule has 3 N–H and O–H groups in total. The van der Waals surface area contributed by atoms with Crippen LogP contribution in [0, 0.1) is 0 Å². The number of fused-ring (bicyclic) bond motifs is 1. The number of thiophene rings is 1. The van der Waals surface area contributed by atoms with Crippen molar-refractivity contribution in [1.29, 1.82) is 0 Å². The molecule has 8 heteroatoms. The molecule has 140 valence electrons. The summed E-state index contributed by atoms with van der Waals surface area (Å²) in [5.74, 6) is -0.102. The van der Waals surface area contributed by atoms with Crippen molar-refractivity contribution in [2.24, 2.45) is 5.73 Å². The number of benzene rings is 1. The molecule has 4 rings (SSSR count). The van der Waals surface area contributed by atoms with Crippen LogP contribution in [0.1, 0.15) is 21.7 Å². The Labute approximate surface area is 164 Å². The van der Waals surface area contributed by atoms with Crippen LogP contribution in [-0.2, 0) is 17.5 Å². The molecule has 3 aromatic rings. The summed E-state index contributed by atoms with van der Waals surface area (Å²) in [4.78, 5) is 17.9. The van der Waals surface area contributed by atoms with Gasteiger partial charge in [0.25, 0.3) is 5.91 Å². The van der Waals surface area contributed by atoms with Gasteiger partial charge >= 0.3 is 0 Å². The number of aromatic nitrogens is 1. The second kappa shape index (κ2) is 7.85. The van der Waals surface area contributed by atoms with Gasteiger partial charge in [-0.1, -0.05) is 12.1 Å². The first kappa shape index (κ1) is 18.2. The van der Waals surface area contributed by atoms with Crippen molar-refractivity contribution in [3.8, 4) is 0 Å². The van der Waals surface area contributed by atoms with Crippen LogP contribution in [0.25, 0.3) is 10.1 Å². The molecule has 1 aromatic carbocycles. The van der Waals surface area contributed by atoms with Gasteiger partial charge in [-0.3, -0.25) is 9.78 Å². The maximum atomic E-state index is 12.5. The number of nitrogens with one attached hydrogen (secondary N) is 1. The van der Waals surface area contributed by atoms with E-state index in [0.29, 0.717) is 18.0 Å². The molecule has 1 aliphatic rings. The normalized spacial score (nSPS) is 18.6. The molecule has 1 amide bonds. The number of nitrogens with two attached hydrogens (primary N) is 1. The summed E-state index contributed by atoms with van der Waals surface area (Å²) < 4.78 is 15.4. The molecule has 1 saturated heterocycles. The van der Waals surface area contributed by atoms with Crippen LogP contribution >= 0.6 is 11.3 Å². The van der Waals surface area contributed by atoms with Crippen LogP contribution in [0.2, 0.25) is 0 Å². The van der Waals surface area contributed by atoms with E-state index in [1.54, 1.807) is 12.4 Å². The van der Waals surface area contributed by atoms with Gasteiger partial charge in [0.05, 0.1) is 14.5 Å². The predicted octanol–water partition coefficient (Wildman–Crippen LogP) is 2.28. The fourth-order valence-electron chi connectivity index (χ4n) is 3.04. The molecular weight excluding hydrogens is 380 g/mol. The van der Waals surface area contributed by atoms with Gasteiger partial charge in [0.1, 0.15) is 11.0 Å². The standard InChI is InChI=1S/C19H20N4O2S2/c20-15-6-8-23(12-15)27(25)16-3-1-13(2-4-16)10-22-19(24)17-9-14-5-7-21-11-18(14)26-17/h1-5,7,9,11,15H,6,8,10,12,20H2,(H,22,24). The molecule has 3 heterocycles. The number of carbonyl (C=O) groups excluding carboxylic acids is 1. The van der Waals surface area contributed by atoms with Gasteiger partial charge in [0, 0.05) is 38.1 Å². The van der Waals surface area contributed by atoms with Crippen LogP contribution in [0.15, 0.2) is 53.7 Å². The summed E-state index contributed by atoms with van der Waals surface area (Å²) in [6.45, 7) is 1.85. The van der Waals surface area contributed by atoms with Crippen LogP contribution in [-0.4, -0.2) is 38.5 Å². The first-order valence-corrected chi connectivity index (χ1v) is 10.7. The minimum atomic E-state index is -1.18. The SMILES string of the molecule is NC1CCN(S(=O)c2ccc(CNC(=O)c3cc4ccncc4s3)cc2)C1. The first-order valence-electron chi connectivity index (χ1n) is 8.73. The Balaban J connectivity index is 1.37. The molecular formula is C19H20N4O2S2. The summed E-state index contributed by atoms with van der Waals surface area (Å²) in [7, 11) is -1.18. The van der Waals surface area contributed by atoms with Crippen molar-refractivity contribution < 1.29 is 9.00 Å². The van der Waals surface area contributed by atoms with E-state index in [9.17, 15) is 9.00 Å². The first-order chi connectivity index (χ1) is 13.1. The lowest BCUT2D eigenvalue weighted by Crippen LogP contribution is -2.28. The summed E-state index contributed by atoms with van der Waals surface area (Å²) in [5.41, 5.74) is 6.85. The van der Waals surface area contributed by atoms with Crippen molar-refractivity contribution in [3.05, 3.63) is 59.2 Å². The zero-order valence-corrected chi connectivity index (χ0v) is 16.3. The van der Waals surface area contributed by atoms with Crippen molar-refractivity contribution >= 4 is 38.3 Å². The monoisotopic (exact) mass is 400 g/mol.